The van der Waals surface area contributed by atoms with Crippen LogP contribution in [0.1, 0.15) is 53.6 Å². The second kappa shape index (κ2) is 10.2. The molecular formula is C28H28ClF2N3O3. The third-order valence-electron chi connectivity index (χ3n) is 7.51. The Kier molecular flexibility index (Phi) is 6.94. The van der Waals surface area contributed by atoms with Crippen molar-refractivity contribution < 1.29 is 23.4 Å². The number of aryl methyl sites for hydroxylation is 1. The fourth-order valence-corrected chi connectivity index (χ4v) is 5.94. The largest absolute Gasteiger partial charge is 0.478 e. The monoisotopic (exact) mass is 527 g/mol. The van der Waals surface area contributed by atoms with Crippen LogP contribution in [0.4, 0.5) is 20.2 Å². The zero-order valence-electron chi connectivity index (χ0n) is 20.4. The molecule has 5 rings (SSSR count). The topological polar surface area (TPSA) is 83.5 Å². The van der Waals surface area contributed by atoms with Crippen molar-refractivity contribution in [2.24, 2.45) is 11.8 Å². The lowest BCUT2D eigenvalue weighted by Crippen LogP contribution is -2.52. The highest BCUT2D eigenvalue weighted by Crippen LogP contribution is 2.50. The van der Waals surface area contributed by atoms with E-state index in [4.69, 9.17) is 16.3 Å². The third-order valence-corrected chi connectivity index (χ3v) is 7.74. The van der Waals surface area contributed by atoms with Gasteiger partial charge in [0.1, 0.15) is 5.66 Å². The molecule has 2 aromatic carbocycles. The van der Waals surface area contributed by atoms with Gasteiger partial charge in [-0.05, 0) is 49.4 Å². The minimum atomic E-state index is -1.06. The molecule has 194 valence electrons. The number of carboxylic acid groups (broad SMARTS) is 1. The molecule has 3 aromatic rings. The average molecular weight is 528 g/mol. The van der Waals surface area contributed by atoms with Crippen LogP contribution in [0.15, 0.2) is 48.7 Å². The van der Waals surface area contributed by atoms with E-state index in [1.165, 1.54) is 30.5 Å². The molecule has 2 aliphatic rings. The highest BCUT2D eigenvalue weighted by Gasteiger charge is 2.49. The zero-order chi connectivity index (χ0) is 26.2. The summed E-state index contributed by atoms with van der Waals surface area (Å²) in [4.78, 5) is 15.4. The van der Waals surface area contributed by atoms with Crippen molar-refractivity contribution in [1.29, 1.82) is 0 Å². The fourth-order valence-electron chi connectivity index (χ4n) is 5.72. The average Bonchev–Trinajstić information content (AvgIpc) is 3.23. The molecule has 1 aliphatic heterocycles. The second-order valence-corrected chi connectivity index (χ2v) is 10.3. The lowest BCUT2D eigenvalue weighted by molar-refractivity contribution is 0.0696. The van der Waals surface area contributed by atoms with Crippen molar-refractivity contribution in [3.8, 4) is 5.88 Å². The smallest absolute Gasteiger partial charge is 0.337 e. The number of benzene rings is 2. The Morgan fingerprint density at radius 2 is 1.78 bits per heavy atom. The van der Waals surface area contributed by atoms with Crippen LogP contribution in [0.2, 0.25) is 5.02 Å². The molecule has 0 amide bonds. The SMILES string of the molecule is Cc1cc(Cl)ccc1C1(C(COc2ccc(C(=O)O)cn2)C2CCCCC2)Nc2cc(F)c(F)cc2N1. The molecule has 0 bridgehead atoms. The molecule has 6 nitrogen and oxygen atoms in total. The minimum Gasteiger partial charge on any atom is -0.478 e. The molecule has 3 N–H and O–H groups in total. The third kappa shape index (κ3) is 4.94. The molecule has 37 heavy (non-hydrogen) atoms. The van der Waals surface area contributed by atoms with E-state index in [9.17, 15) is 18.7 Å². The van der Waals surface area contributed by atoms with Crippen molar-refractivity contribution >= 4 is 28.9 Å². The number of rotatable bonds is 7. The number of aromatic nitrogens is 1. The Hall–Kier alpha value is -3.39. The number of nitrogens with one attached hydrogen (secondary N) is 2. The molecule has 1 atom stereocenters. The van der Waals surface area contributed by atoms with Crippen molar-refractivity contribution in [1.82, 2.24) is 4.98 Å². The first-order valence-electron chi connectivity index (χ1n) is 12.4. The fraction of sp³-hybridized carbons (Fsp3) is 0.357. The van der Waals surface area contributed by atoms with Crippen LogP contribution in [0.3, 0.4) is 0 Å². The van der Waals surface area contributed by atoms with E-state index in [1.54, 1.807) is 0 Å². The van der Waals surface area contributed by atoms with Gasteiger partial charge in [0.15, 0.2) is 11.6 Å². The number of halogens is 3. The van der Waals surface area contributed by atoms with Crippen molar-refractivity contribution in [2.45, 2.75) is 44.7 Å². The van der Waals surface area contributed by atoms with Gasteiger partial charge in [0, 0.05) is 40.9 Å². The Morgan fingerprint density at radius 1 is 1.11 bits per heavy atom. The van der Waals surface area contributed by atoms with Gasteiger partial charge < -0.3 is 20.5 Å². The summed E-state index contributed by atoms with van der Waals surface area (Å²) < 4.78 is 34.6. The molecule has 9 heteroatoms. The van der Waals surface area contributed by atoms with Crippen LogP contribution in [-0.2, 0) is 5.66 Å². The van der Waals surface area contributed by atoms with Crippen LogP contribution in [0.25, 0.3) is 0 Å². The molecular weight excluding hydrogens is 500 g/mol. The van der Waals surface area contributed by atoms with Gasteiger partial charge in [-0.2, -0.15) is 0 Å². The van der Waals surface area contributed by atoms with Crippen LogP contribution in [0, 0.1) is 30.4 Å². The highest BCUT2D eigenvalue weighted by atomic mass is 35.5. The number of pyridine rings is 1. The van der Waals surface area contributed by atoms with E-state index in [2.05, 4.69) is 15.6 Å². The maximum absolute atomic E-state index is 14.2. The first kappa shape index (κ1) is 25.3. The number of carboxylic acids is 1. The van der Waals surface area contributed by atoms with E-state index >= 15 is 0 Å². The molecule has 1 unspecified atom stereocenters. The normalized spacial score (nSPS) is 17.4. The first-order valence-corrected chi connectivity index (χ1v) is 12.8. The van der Waals surface area contributed by atoms with Crippen LogP contribution < -0.4 is 15.4 Å². The van der Waals surface area contributed by atoms with Gasteiger partial charge in [0.2, 0.25) is 5.88 Å². The number of hydrogen-bond acceptors (Lipinski definition) is 5. The molecule has 0 saturated heterocycles. The maximum Gasteiger partial charge on any atom is 0.337 e. The molecule has 0 radical (unpaired) electrons. The van der Waals surface area contributed by atoms with Gasteiger partial charge in [0.05, 0.1) is 23.5 Å². The minimum absolute atomic E-state index is 0.0723. The van der Waals surface area contributed by atoms with Crippen LogP contribution in [0.5, 0.6) is 5.88 Å². The molecule has 0 spiro atoms. The van der Waals surface area contributed by atoms with Crippen LogP contribution >= 0.6 is 11.6 Å². The molecule has 1 aliphatic carbocycles. The van der Waals surface area contributed by atoms with Crippen molar-refractivity contribution in [3.63, 3.8) is 0 Å². The lowest BCUT2D eigenvalue weighted by Gasteiger charge is -2.44. The summed E-state index contributed by atoms with van der Waals surface area (Å²) in [5.41, 5.74) is 1.91. The van der Waals surface area contributed by atoms with Gasteiger partial charge in [-0.3, -0.25) is 0 Å². The van der Waals surface area contributed by atoms with Crippen molar-refractivity contribution in [3.05, 3.63) is 82.0 Å². The summed E-state index contributed by atoms with van der Waals surface area (Å²) in [7, 11) is 0. The van der Waals surface area contributed by atoms with E-state index in [-0.39, 0.29) is 24.0 Å². The Labute approximate surface area is 219 Å². The predicted molar refractivity (Wildman–Crippen MR) is 138 cm³/mol. The maximum atomic E-state index is 14.2. The second-order valence-electron chi connectivity index (χ2n) is 9.84. The number of anilines is 2. The van der Waals surface area contributed by atoms with E-state index < -0.39 is 23.3 Å². The molecule has 2 heterocycles. The van der Waals surface area contributed by atoms with E-state index in [0.717, 1.165) is 43.2 Å². The Morgan fingerprint density at radius 3 is 2.35 bits per heavy atom. The standard InChI is InChI=1S/C28H28ClF2N3O3/c1-16-11-19(29)8-9-20(16)28(33-24-12-22(30)23(31)13-25(24)34-28)21(17-5-3-2-4-6-17)15-37-26-10-7-18(14-32-26)27(35)36/h7-14,17,21,33-34H,2-6,15H2,1H3,(H,35,36). The summed E-state index contributed by atoms with van der Waals surface area (Å²) >= 11 is 6.29. The first-order chi connectivity index (χ1) is 17.8. The highest BCUT2D eigenvalue weighted by molar-refractivity contribution is 6.30. The quantitative estimate of drug-likeness (QED) is 0.307. The Balaban J connectivity index is 1.57. The molecule has 1 fully saturated rings. The Bertz CT molecular complexity index is 1280. The summed E-state index contributed by atoms with van der Waals surface area (Å²) in [6.07, 6.45) is 6.55. The summed E-state index contributed by atoms with van der Waals surface area (Å²) in [5.74, 6) is -2.54. The number of carbonyl (C=O) groups is 1. The number of nitrogens with zero attached hydrogens (tertiary/aromatic N) is 1. The number of fused-ring (bicyclic) bond motifs is 1. The molecule has 1 aromatic heterocycles. The summed E-state index contributed by atoms with van der Waals surface area (Å²) in [6.45, 7) is 2.20. The summed E-state index contributed by atoms with van der Waals surface area (Å²) in [6, 6.07) is 11.0. The van der Waals surface area contributed by atoms with E-state index in [1.807, 2.05) is 25.1 Å². The number of aromatic carboxylic acids is 1. The number of ether oxygens (including phenoxy) is 1. The summed E-state index contributed by atoms with van der Waals surface area (Å²) in [5, 5.41) is 16.8. The number of hydrogen-bond donors (Lipinski definition) is 3. The van der Waals surface area contributed by atoms with Gasteiger partial charge in [0.25, 0.3) is 0 Å². The van der Waals surface area contributed by atoms with Gasteiger partial charge in [-0.25, -0.2) is 18.6 Å². The van der Waals surface area contributed by atoms with Crippen LogP contribution in [-0.4, -0.2) is 22.7 Å². The van der Waals surface area contributed by atoms with E-state index in [0.29, 0.717) is 22.3 Å². The lowest BCUT2D eigenvalue weighted by atomic mass is 9.71. The van der Waals surface area contributed by atoms with Crippen molar-refractivity contribution in [2.75, 3.05) is 17.2 Å². The predicted octanol–water partition coefficient (Wildman–Crippen LogP) is 6.99. The van der Waals surface area contributed by atoms with Gasteiger partial charge in [-0.15, -0.1) is 0 Å². The van der Waals surface area contributed by atoms with Gasteiger partial charge >= 0.3 is 5.97 Å². The molecule has 1 saturated carbocycles. The zero-order valence-corrected chi connectivity index (χ0v) is 21.1. The van der Waals surface area contributed by atoms with Gasteiger partial charge in [-0.1, -0.05) is 36.9 Å².